The number of hydrogen-bond acceptors (Lipinski definition) is 2. The maximum absolute atomic E-state index is 5.48. The Morgan fingerprint density at radius 1 is 1.42 bits per heavy atom. The zero-order valence-electron chi connectivity index (χ0n) is 6.04. The highest BCUT2D eigenvalue weighted by Gasteiger charge is 1.95. The normalized spacial score (nSPS) is 9.75. The number of benzene rings is 1. The highest BCUT2D eigenvalue weighted by molar-refractivity contribution is 5.74. The molecule has 0 spiro atoms. The Bertz CT molecular complexity index is 365. The molecule has 0 radical (unpaired) electrons. The van der Waals surface area contributed by atoms with E-state index in [1.165, 1.54) is 0 Å². The van der Waals surface area contributed by atoms with Gasteiger partial charge in [-0.3, -0.25) is 0 Å². The number of fused-ring (bicyclic) bond motifs is 1. The first-order valence-electron chi connectivity index (χ1n) is 3.52. The third-order valence-corrected chi connectivity index (χ3v) is 1.72. The van der Waals surface area contributed by atoms with Crippen LogP contribution in [0.2, 0.25) is 0 Å². The molecule has 3 nitrogen and oxygen atoms in total. The summed E-state index contributed by atoms with van der Waals surface area (Å²) in [4.78, 5) is 7.13. The van der Waals surface area contributed by atoms with Crippen LogP contribution in [-0.2, 0) is 6.54 Å². The predicted octanol–water partition coefficient (Wildman–Crippen LogP) is 1.66. The fourth-order valence-corrected chi connectivity index (χ4v) is 1.11. The van der Waals surface area contributed by atoms with E-state index in [0.29, 0.717) is 6.54 Å². The number of nitrogens with one attached hydrogen (secondary N) is 1. The van der Waals surface area contributed by atoms with Gasteiger partial charge in [0, 0.05) is 6.54 Å². The average Bonchev–Trinajstić information content (AvgIpc) is 2.50. The monoisotopic (exact) mass is 163 g/mol. The van der Waals surface area contributed by atoms with Gasteiger partial charge in [-0.05, 0) is 17.7 Å². The van der Waals surface area contributed by atoms with Crippen LogP contribution in [0.1, 0.15) is 13.0 Å². The maximum atomic E-state index is 5.48. The van der Waals surface area contributed by atoms with Gasteiger partial charge in [0.15, 0.2) is 0 Å². The predicted molar refractivity (Wildman–Crippen MR) is 50.7 cm³/mol. The summed E-state index contributed by atoms with van der Waals surface area (Å²) in [5.41, 5.74) is 8.64. The third kappa shape index (κ3) is 1.31. The summed E-state index contributed by atoms with van der Waals surface area (Å²) in [6.07, 6.45) is 1.69. The zero-order chi connectivity index (χ0) is 7.68. The molecule has 0 aliphatic rings. The van der Waals surface area contributed by atoms with Crippen LogP contribution in [0.5, 0.6) is 0 Å². The van der Waals surface area contributed by atoms with E-state index in [1.54, 1.807) is 6.33 Å². The molecule has 1 aromatic carbocycles. The van der Waals surface area contributed by atoms with E-state index < -0.39 is 0 Å². The van der Waals surface area contributed by atoms with E-state index in [-0.39, 0.29) is 7.43 Å². The van der Waals surface area contributed by atoms with E-state index in [0.717, 1.165) is 16.6 Å². The lowest BCUT2D eigenvalue weighted by Crippen LogP contribution is -1.94. The molecular formula is C9H13N3. The molecule has 2 aromatic rings. The van der Waals surface area contributed by atoms with Crippen molar-refractivity contribution in [2.45, 2.75) is 14.0 Å². The van der Waals surface area contributed by atoms with Crippen LogP contribution in [0.4, 0.5) is 0 Å². The lowest BCUT2D eigenvalue weighted by atomic mass is 10.2. The number of imidazole rings is 1. The number of H-pyrrole nitrogens is 1. The average molecular weight is 163 g/mol. The Hall–Kier alpha value is -1.35. The van der Waals surface area contributed by atoms with Crippen molar-refractivity contribution >= 4 is 11.0 Å². The first-order valence-corrected chi connectivity index (χ1v) is 3.52. The van der Waals surface area contributed by atoms with Crippen molar-refractivity contribution in [3.8, 4) is 0 Å². The zero-order valence-corrected chi connectivity index (χ0v) is 6.04. The number of aromatic amines is 1. The van der Waals surface area contributed by atoms with Crippen molar-refractivity contribution in [1.29, 1.82) is 0 Å². The van der Waals surface area contributed by atoms with Crippen LogP contribution in [0.3, 0.4) is 0 Å². The van der Waals surface area contributed by atoms with Gasteiger partial charge in [-0.1, -0.05) is 13.5 Å². The molecule has 0 saturated heterocycles. The quantitative estimate of drug-likeness (QED) is 0.671. The largest absolute Gasteiger partial charge is 0.345 e. The fraction of sp³-hybridized carbons (Fsp3) is 0.222. The molecule has 0 fully saturated rings. The summed E-state index contributed by atoms with van der Waals surface area (Å²) < 4.78 is 0. The molecule has 0 atom stereocenters. The van der Waals surface area contributed by atoms with Crippen molar-refractivity contribution in [1.82, 2.24) is 9.97 Å². The lowest BCUT2D eigenvalue weighted by Gasteiger charge is -1.93. The van der Waals surface area contributed by atoms with Crippen molar-refractivity contribution in [3.05, 3.63) is 30.1 Å². The summed E-state index contributed by atoms with van der Waals surface area (Å²) in [7, 11) is 0. The Morgan fingerprint density at radius 3 is 3.00 bits per heavy atom. The van der Waals surface area contributed by atoms with Gasteiger partial charge < -0.3 is 10.7 Å². The minimum Gasteiger partial charge on any atom is -0.345 e. The topological polar surface area (TPSA) is 54.7 Å². The molecular weight excluding hydrogens is 150 g/mol. The molecule has 0 bridgehead atoms. The van der Waals surface area contributed by atoms with Crippen molar-refractivity contribution < 1.29 is 0 Å². The summed E-state index contributed by atoms with van der Waals surface area (Å²) in [6.45, 7) is 0.578. The standard InChI is InChI=1S/C8H9N3.CH4/c9-4-6-1-2-7-8(3-6)11-5-10-7;/h1-3,5H,4,9H2,(H,10,11);1H4. The van der Waals surface area contributed by atoms with Gasteiger partial charge in [0.25, 0.3) is 0 Å². The van der Waals surface area contributed by atoms with Gasteiger partial charge in [0.05, 0.1) is 17.4 Å². The van der Waals surface area contributed by atoms with Crippen LogP contribution >= 0.6 is 0 Å². The molecule has 1 aromatic heterocycles. The maximum Gasteiger partial charge on any atom is 0.0931 e. The van der Waals surface area contributed by atoms with Gasteiger partial charge in [0.1, 0.15) is 0 Å². The van der Waals surface area contributed by atoms with E-state index in [9.17, 15) is 0 Å². The van der Waals surface area contributed by atoms with Gasteiger partial charge in [-0.2, -0.15) is 0 Å². The second-order valence-corrected chi connectivity index (χ2v) is 2.46. The lowest BCUT2D eigenvalue weighted by molar-refractivity contribution is 1.07. The fourth-order valence-electron chi connectivity index (χ4n) is 1.11. The Kier molecular flexibility index (Phi) is 2.45. The second kappa shape index (κ2) is 3.36. The number of rotatable bonds is 1. The summed E-state index contributed by atoms with van der Waals surface area (Å²) in [5, 5.41) is 0. The van der Waals surface area contributed by atoms with E-state index >= 15 is 0 Å². The summed E-state index contributed by atoms with van der Waals surface area (Å²) in [6, 6.07) is 5.97. The molecule has 3 N–H and O–H groups in total. The van der Waals surface area contributed by atoms with Crippen LogP contribution in [0.25, 0.3) is 11.0 Å². The van der Waals surface area contributed by atoms with Crippen LogP contribution < -0.4 is 5.73 Å². The SMILES string of the molecule is C.NCc1ccc2nc[nH]c2c1. The van der Waals surface area contributed by atoms with E-state index in [1.807, 2.05) is 18.2 Å². The number of aromatic nitrogens is 2. The molecule has 2 rings (SSSR count). The molecule has 12 heavy (non-hydrogen) atoms. The van der Waals surface area contributed by atoms with Crippen LogP contribution in [0.15, 0.2) is 24.5 Å². The van der Waals surface area contributed by atoms with Gasteiger partial charge in [0.2, 0.25) is 0 Å². The number of nitrogens with zero attached hydrogens (tertiary/aromatic N) is 1. The molecule has 1 heterocycles. The second-order valence-electron chi connectivity index (χ2n) is 2.46. The van der Waals surface area contributed by atoms with E-state index in [4.69, 9.17) is 5.73 Å². The smallest absolute Gasteiger partial charge is 0.0931 e. The van der Waals surface area contributed by atoms with Crippen LogP contribution in [0, 0.1) is 0 Å². The molecule has 64 valence electrons. The molecule has 0 saturated carbocycles. The Labute approximate surface area is 71.6 Å². The molecule has 0 amide bonds. The highest BCUT2D eigenvalue weighted by atomic mass is 14.9. The minimum absolute atomic E-state index is 0. The van der Waals surface area contributed by atoms with Gasteiger partial charge in [-0.15, -0.1) is 0 Å². The number of nitrogens with two attached hydrogens (primary N) is 1. The first kappa shape index (κ1) is 8.74. The number of hydrogen-bond donors (Lipinski definition) is 2. The Morgan fingerprint density at radius 2 is 2.25 bits per heavy atom. The highest BCUT2D eigenvalue weighted by Crippen LogP contribution is 2.10. The minimum atomic E-state index is 0. The van der Waals surface area contributed by atoms with Gasteiger partial charge in [-0.25, -0.2) is 4.98 Å². The molecule has 0 unspecified atom stereocenters. The van der Waals surface area contributed by atoms with Crippen molar-refractivity contribution in [2.75, 3.05) is 0 Å². The summed E-state index contributed by atoms with van der Waals surface area (Å²) >= 11 is 0. The molecule has 0 aliphatic carbocycles. The van der Waals surface area contributed by atoms with Crippen LogP contribution in [-0.4, -0.2) is 9.97 Å². The van der Waals surface area contributed by atoms with E-state index in [2.05, 4.69) is 9.97 Å². The first-order chi connectivity index (χ1) is 5.40. The summed E-state index contributed by atoms with van der Waals surface area (Å²) in [5.74, 6) is 0. The molecule has 0 aliphatic heterocycles. The van der Waals surface area contributed by atoms with Crippen molar-refractivity contribution in [3.63, 3.8) is 0 Å². The molecule has 3 heteroatoms. The van der Waals surface area contributed by atoms with Crippen molar-refractivity contribution in [2.24, 2.45) is 5.73 Å². The third-order valence-electron chi connectivity index (χ3n) is 1.72. The van der Waals surface area contributed by atoms with Gasteiger partial charge >= 0.3 is 0 Å². The Balaban J connectivity index is 0.000000720.